The first-order valence-corrected chi connectivity index (χ1v) is 4.74. The number of phenols is 1. The van der Waals surface area contributed by atoms with Crippen molar-refractivity contribution in [3.63, 3.8) is 0 Å². The summed E-state index contributed by atoms with van der Waals surface area (Å²) in [6.45, 7) is 0.547. The van der Waals surface area contributed by atoms with Crippen molar-refractivity contribution in [2.75, 3.05) is 14.2 Å². The first-order chi connectivity index (χ1) is 7.11. The standard InChI is InChI=1S/C11H13NO3/c1-12-6-8-3-9(13)10(15-2)4-7(8)5-11(12)14/h3-4,13H,5-6H2,1-2H3. The molecule has 15 heavy (non-hydrogen) atoms. The maximum absolute atomic E-state index is 11.5. The number of hydrogen-bond acceptors (Lipinski definition) is 3. The van der Waals surface area contributed by atoms with Gasteiger partial charge in [-0.15, -0.1) is 0 Å². The number of benzene rings is 1. The van der Waals surface area contributed by atoms with E-state index in [4.69, 9.17) is 4.74 Å². The molecule has 0 saturated carbocycles. The summed E-state index contributed by atoms with van der Waals surface area (Å²) in [6.07, 6.45) is 0.377. The molecule has 4 nitrogen and oxygen atoms in total. The Morgan fingerprint density at radius 1 is 1.40 bits per heavy atom. The Balaban J connectivity index is 2.45. The fourth-order valence-electron chi connectivity index (χ4n) is 1.77. The predicted octanol–water partition coefficient (Wildman–Crippen LogP) is 0.915. The van der Waals surface area contributed by atoms with E-state index in [0.29, 0.717) is 18.7 Å². The van der Waals surface area contributed by atoms with Crippen molar-refractivity contribution < 1.29 is 14.6 Å². The molecule has 0 fully saturated rings. The van der Waals surface area contributed by atoms with Crippen molar-refractivity contribution >= 4 is 5.91 Å². The largest absolute Gasteiger partial charge is 0.504 e. The first-order valence-electron chi connectivity index (χ1n) is 4.74. The second kappa shape index (κ2) is 3.46. The maximum Gasteiger partial charge on any atom is 0.227 e. The van der Waals surface area contributed by atoms with Crippen molar-refractivity contribution in [1.29, 1.82) is 0 Å². The third-order valence-corrected chi connectivity index (χ3v) is 2.68. The Labute approximate surface area is 88.1 Å². The summed E-state index contributed by atoms with van der Waals surface area (Å²) in [5.41, 5.74) is 1.92. The van der Waals surface area contributed by atoms with Crippen molar-refractivity contribution in [2.24, 2.45) is 0 Å². The fourth-order valence-corrected chi connectivity index (χ4v) is 1.77. The van der Waals surface area contributed by atoms with E-state index in [-0.39, 0.29) is 11.7 Å². The number of phenolic OH excluding ortho intramolecular Hbond substituents is 1. The van der Waals surface area contributed by atoms with Crippen LogP contribution in [0.15, 0.2) is 12.1 Å². The molecule has 1 N–H and O–H groups in total. The second-order valence-electron chi connectivity index (χ2n) is 3.72. The van der Waals surface area contributed by atoms with E-state index < -0.39 is 0 Å². The van der Waals surface area contributed by atoms with Crippen LogP contribution in [0.1, 0.15) is 11.1 Å². The zero-order valence-corrected chi connectivity index (χ0v) is 8.78. The van der Waals surface area contributed by atoms with Gasteiger partial charge in [0.15, 0.2) is 11.5 Å². The van der Waals surface area contributed by atoms with Crippen LogP contribution < -0.4 is 4.74 Å². The third-order valence-electron chi connectivity index (χ3n) is 2.68. The average molecular weight is 207 g/mol. The summed E-state index contributed by atoms with van der Waals surface area (Å²) in [6, 6.07) is 3.40. The van der Waals surface area contributed by atoms with Gasteiger partial charge in [0.1, 0.15) is 0 Å². The van der Waals surface area contributed by atoms with Gasteiger partial charge in [0.2, 0.25) is 5.91 Å². The molecule has 0 spiro atoms. The minimum atomic E-state index is 0.0928. The highest BCUT2D eigenvalue weighted by molar-refractivity contribution is 5.81. The highest BCUT2D eigenvalue weighted by Gasteiger charge is 2.21. The molecule has 0 aromatic heterocycles. The molecular formula is C11H13NO3. The van der Waals surface area contributed by atoms with Gasteiger partial charge in [-0.25, -0.2) is 0 Å². The monoisotopic (exact) mass is 207 g/mol. The molecule has 0 unspecified atom stereocenters. The van der Waals surface area contributed by atoms with Gasteiger partial charge in [-0.2, -0.15) is 0 Å². The zero-order valence-electron chi connectivity index (χ0n) is 8.78. The van der Waals surface area contributed by atoms with Crippen LogP contribution in [0.4, 0.5) is 0 Å². The number of methoxy groups -OCH3 is 1. The lowest BCUT2D eigenvalue weighted by atomic mass is 9.99. The fraction of sp³-hybridized carbons (Fsp3) is 0.364. The summed E-state index contributed by atoms with van der Waals surface area (Å²) in [5, 5.41) is 9.59. The highest BCUT2D eigenvalue weighted by atomic mass is 16.5. The molecule has 1 heterocycles. The molecule has 1 amide bonds. The van der Waals surface area contributed by atoms with Gasteiger partial charge in [0.25, 0.3) is 0 Å². The van der Waals surface area contributed by atoms with Crippen LogP contribution in [-0.4, -0.2) is 30.1 Å². The first kappa shape index (κ1) is 9.83. The number of carbonyl (C=O) groups is 1. The number of ether oxygens (including phenoxy) is 1. The summed E-state index contributed by atoms with van der Waals surface area (Å²) in [7, 11) is 3.25. The Morgan fingerprint density at radius 2 is 2.13 bits per heavy atom. The molecule has 0 radical (unpaired) electrons. The lowest BCUT2D eigenvalue weighted by molar-refractivity contribution is -0.130. The highest BCUT2D eigenvalue weighted by Crippen LogP contribution is 2.32. The average Bonchev–Trinajstić information content (AvgIpc) is 2.20. The Hall–Kier alpha value is -1.71. The van der Waals surface area contributed by atoms with Gasteiger partial charge in [-0.3, -0.25) is 4.79 Å². The van der Waals surface area contributed by atoms with Crippen molar-refractivity contribution in [3.8, 4) is 11.5 Å². The van der Waals surface area contributed by atoms with E-state index >= 15 is 0 Å². The zero-order chi connectivity index (χ0) is 11.0. The van der Waals surface area contributed by atoms with Crippen LogP contribution in [0.5, 0.6) is 11.5 Å². The molecular weight excluding hydrogens is 194 g/mol. The van der Waals surface area contributed by atoms with Crippen LogP contribution in [0, 0.1) is 0 Å². The number of fused-ring (bicyclic) bond motifs is 1. The van der Waals surface area contributed by atoms with Gasteiger partial charge in [-0.1, -0.05) is 0 Å². The Bertz CT molecular complexity index is 415. The predicted molar refractivity (Wildman–Crippen MR) is 54.8 cm³/mol. The van der Waals surface area contributed by atoms with Crippen molar-refractivity contribution in [1.82, 2.24) is 4.90 Å². The number of nitrogens with zero attached hydrogens (tertiary/aromatic N) is 1. The molecule has 1 aromatic rings. The summed E-state index contributed by atoms with van der Waals surface area (Å²) < 4.78 is 5.00. The van der Waals surface area contributed by atoms with Crippen molar-refractivity contribution in [3.05, 3.63) is 23.3 Å². The molecule has 80 valence electrons. The van der Waals surface area contributed by atoms with E-state index in [1.54, 1.807) is 24.1 Å². The molecule has 0 saturated heterocycles. The van der Waals surface area contributed by atoms with Gasteiger partial charge in [-0.05, 0) is 23.3 Å². The lowest BCUT2D eigenvalue weighted by Crippen LogP contribution is -2.32. The van der Waals surface area contributed by atoms with Crippen LogP contribution >= 0.6 is 0 Å². The minimum absolute atomic E-state index is 0.0928. The SMILES string of the molecule is COc1cc2c(cc1O)CN(C)C(=O)C2. The number of carbonyl (C=O) groups excluding carboxylic acids is 1. The second-order valence-corrected chi connectivity index (χ2v) is 3.72. The van der Waals surface area contributed by atoms with Gasteiger partial charge < -0.3 is 14.7 Å². The number of rotatable bonds is 1. The molecule has 0 atom stereocenters. The normalized spacial score (nSPS) is 15.1. The third kappa shape index (κ3) is 1.63. The summed E-state index contributed by atoms with van der Waals surface area (Å²) in [5.74, 6) is 0.639. The number of likely N-dealkylation sites (N-methyl/N-ethyl adjacent to an activating group) is 1. The van der Waals surface area contributed by atoms with E-state index in [1.165, 1.54) is 7.11 Å². The number of aromatic hydroxyl groups is 1. The van der Waals surface area contributed by atoms with Crippen LogP contribution in [0.3, 0.4) is 0 Å². The molecule has 0 bridgehead atoms. The molecule has 1 aliphatic heterocycles. The minimum Gasteiger partial charge on any atom is -0.504 e. The Morgan fingerprint density at radius 3 is 2.80 bits per heavy atom. The van der Waals surface area contributed by atoms with E-state index in [1.807, 2.05) is 0 Å². The van der Waals surface area contributed by atoms with Gasteiger partial charge in [0.05, 0.1) is 13.5 Å². The van der Waals surface area contributed by atoms with Crippen LogP contribution in [0.25, 0.3) is 0 Å². The topological polar surface area (TPSA) is 49.8 Å². The van der Waals surface area contributed by atoms with Crippen molar-refractivity contribution in [2.45, 2.75) is 13.0 Å². The summed E-state index contributed by atoms with van der Waals surface area (Å²) in [4.78, 5) is 13.1. The molecule has 4 heteroatoms. The molecule has 2 rings (SSSR count). The van der Waals surface area contributed by atoms with E-state index in [2.05, 4.69) is 0 Å². The molecule has 1 aliphatic rings. The molecule has 1 aromatic carbocycles. The number of hydrogen-bond donors (Lipinski definition) is 1. The van der Waals surface area contributed by atoms with Gasteiger partial charge >= 0.3 is 0 Å². The quantitative estimate of drug-likeness (QED) is 0.744. The van der Waals surface area contributed by atoms with E-state index in [0.717, 1.165) is 11.1 Å². The Kier molecular flexibility index (Phi) is 2.26. The van der Waals surface area contributed by atoms with Crippen LogP contribution in [0.2, 0.25) is 0 Å². The maximum atomic E-state index is 11.5. The molecule has 0 aliphatic carbocycles. The summed E-state index contributed by atoms with van der Waals surface area (Å²) >= 11 is 0. The lowest BCUT2D eigenvalue weighted by Gasteiger charge is -2.25. The van der Waals surface area contributed by atoms with Crippen LogP contribution in [-0.2, 0) is 17.8 Å². The smallest absolute Gasteiger partial charge is 0.227 e. The van der Waals surface area contributed by atoms with E-state index in [9.17, 15) is 9.90 Å². The number of amides is 1. The van der Waals surface area contributed by atoms with Gasteiger partial charge in [0, 0.05) is 13.6 Å².